The highest BCUT2D eigenvalue weighted by molar-refractivity contribution is 5.29. The van der Waals surface area contributed by atoms with Crippen LogP contribution in [-0.4, -0.2) is 0 Å². The van der Waals surface area contributed by atoms with Gasteiger partial charge in [-0.2, -0.15) is 0 Å². The fraction of sp³-hybridized carbons (Fsp3) is 0.500. The minimum absolute atomic E-state index is 0.787. The molecule has 0 unspecified atom stereocenters. The van der Waals surface area contributed by atoms with Gasteiger partial charge >= 0.3 is 0 Å². The van der Waals surface area contributed by atoms with Gasteiger partial charge in [-0.25, -0.2) is 0 Å². The van der Waals surface area contributed by atoms with Gasteiger partial charge < -0.3 is 0 Å². The zero-order valence-electron chi connectivity index (χ0n) is 8.56. The van der Waals surface area contributed by atoms with E-state index in [1.807, 2.05) is 19.9 Å². The van der Waals surface area contributed by atoms with E-state index in [-0.39, 0.29) is 0 Å². The first-order valence-electron chi connectivity index (χ1n) is 4.73. The van der Waals surface area contributed by atoms with Gasteiger partial charge in [0.2, 0.25) is 0 Å². The first-order valence-corrected chi connectivity index (χ1v) is 4.73. The number of hydrogen-bond acceptors (Lipinski definition) is 0. The Labute approximate surface area is 76.7 Å². The van der Waals surface area contributed by atoms with E-state index in [0.717, 1.165) is 5.92 Å². The summed E-state index contributed by atoms with van der Waals surface area (Å²) in [5.41, 5.74) is 2.49. The highest BCUT2D eigenvalue weighted by Crippen LogP contribution is 2.36. The largest absolute Gasteiger partial charge is 0.0988 e. The molecule has 1 aliphatic rings. The van der Waals surface area contributed by atoms with Crippen LogP contribution in [-0.2, 0) is 0 Å². The molecule has 0 spiro atoms. The van der Waals surface area contributed by atoms with Crippen molar-refractivity contribution in [2.24, 2.45) is 5.92 Å². The standard InChI is InChI=1S/C10H14.C2H6/c1-4-8(2)7-9(3)10-5-6-10;1-2/h4,7,10H,1,3,5-6H2,2H3;1-2H3/b8-7-;. The second-order valence-electron chi connectivity index (χ2n) is 2.94. The van der Waals surface area contributed by atoms with E-state index >= 15 is 0 Å². The third-order valence-electron chi connectivity index (χ3n) is 1.84. The third-order valence-corrected chi connectivity index (χ3v) is 1.84. The zero-order chi connectivity index (χ0) is 9.56. The van der Waals surface area contributed by atoms with Crippen molar-refractivity contribution in [2.75, 3.05) is 0 Å². The van der Waals surface area contributed by atoms with Crippen molar-refractivity contribution in [1.29, 1.82) is 0 Å². The van der Waals surface area contributed by atoms with Gasteiger partial charge in [0.1, 0.15) is 0 Å². The summed E-state index contributed by atoms with van der Waals surface area (Å²) in [6, 6.07) is 0. The van der Waals surface area contributed by atoms with E-state index in [4.69, 9.17) is 0 Å². The molecule has 1 fully saturated rings. The molecule has 0 aromatic heterocycles. The van der Waals surface area contributed by atoms with E-state index in [0.29, 0.717) is 0 Å². The van der Waals surface area contributed by atoms with Crippen LogP contribution in [0, 0.1) is 5.92 Å². The van der Waals surface area contributed by atoms with Crippen LogP contribution in [0.2, 0.25) is 0 Å². The summed E-state index contributed by atoms with van der Waals surface area (Å²) in [6.45, 7) is 13.7. The molecule has 0 heteroatoms. The van der Waals surface area contributed by atoms with Crippen LogP contribution < -0.4 is 0 Å². The fourth-order valence-corrected chi connectivity index (χ4v) is 0.923. The Morgan fingerprint density at radius 3 is 2.17 bits per heavy atom. The third kappa shape index (κ3) is 4.17. The maximum Gasteiger partial charge on any atom is -0.0167 e. The molecule has 0 amide bonds. The predicted octanol–water partition coefficient (Wildman–Crippen LogP) is 4.11. The van der Waals surface area contributed by atoms with Gasteiger partial charge in [0.15, 0.2) is 0 Å². The molecule has 0 aliphatic heterocycles. The summed E-state index contributed by atoms with van der Waals surface area (Å²) in [4.78, 5) is 0. The highest BCUT2D eigenvalue weighted by atomic mass is 14.3. The van der Waals surface area contributed by atoms with Gasteiger partial charge in [-0.3, -0.25) is 0 Å². The van der Waals surface area contributed by atoms with Crippen molar-refractivity contribution < 1.29 is 0 Å². The summed E-state index contributed by atoms with van der Waals surface area (Å²) >= 11 is 0. The summed E-state index contributed by atoms with van der Waals surface area (Å²) in [5.74, 6) is 0.787. The molecular formula is C12H20. The van der Waals surface area contributed by atoms with Crippen molar-refractivity contribution in [1.82, 2.24) is 0 Å². The monoisotopic (exact) mass is 164 g/mol. The lowest BCUT2D eigenvalue weighted by atomic mass is 10.1. The molecule has 0 atom stereocenters. The van der Waals surface area contributed by atoms with Crippen LogP contribution in [0.1, 0.15) is 33.6 Å². The zero-order valence-corrected chi connectivity index (χ0v) is 8.56. The Morgan fingerprint density at radius 1 is 1.33 bits per heavy atom. The van der Waals surface area contributed by atoms with Crippen LogP contribution in [0.5, 0.6) is 0 Å². The summed E-state index contributed by atoms with van der Waals surface area (Å²) in [5, 5.41) is 0. The topological polar surface area (TPSA) is 0 Å². The lowest BCUT2D eigenvalue weighted by Gasteiger charge is -1.95. The fourth-order valence-electron chi connectivity index (χ4n) is 0.923. The second-order valence-corrected chi connectivity index (χ2v) is 2.94. The summed E-state index contributed by atoms with van der Waals surface area (Å²) in [7, 11) is 0. The van der Waals surface area contributed by atoms with Crippen molar-refractivity contribution in [3.05, 3.63) is 36.5 Å². The number of hydrogen-bond donors (Lipinski definition) is 0. The molecule has 0 bridgehead atoms. The molecule has 0 heterocycles. The van der Waals surface area contributed by atoms with Crippen LogP contribution in [0.3, 0.4) is 0 Å². The van der Waals surface area contributed by atoms with Crippen LogP contribution in [0.15, 0.2) is 36.5 Å². The predicted molar refractivity (Wildman–Crippen MR) is 57.2 cm³/mol. The molecule has 0 nitrogen and oxygen atoms in total. The molecule has 0 N–H and O–H groups in total. The van der Waals surface area contributed by atoms with E-state index in [1.165, 1.54) is 24.0 Å². The minimum Gasteiger partial charge on any atom is -0.0988 e. The van der Waals surface area contributed by atoms with Gasteiger partial charge in [0.05, 0.1) is 0 Å². The molecule has 0 aromatic carbocycles. The molecular weight excluding hydrogens is 144 g/mol. The minimum atomic E-state index is 0.787. The maximum absolute atomic E-state index is 3.98. The Kier molecular flexibility index (Phi) is 5.44. The van der Waals surface area contributed by atoms with Crippen molar-refractivity contribution in [3.8, 4) is 0 Å². The first kappa shape index (κ1) is 11.2. The summed E-state index contributed by atoms with van der Waals surface area (Å²) < 4.78 is 0. The maximum atomic E-state index is 3.98. The van der Waals surface area contributed by atoms with Crippen LogP contribution >= 0.6 is 0 Å². The van der Waals surface area contributed by atoms with Crippen molar-refractivity contribution in [3.63, 3.8) is 0 Å². The molecule has 1 saturated carbocycles. The number of allylic oxidation sites excluding steroid dienone is 4. The Hall–Kier alpha value is -0.780. The van der Waals surface area contributed by atoms with Crippen molar-refractivity contribution >= 4 is 0 Å². The van der Waals surface area contributed by atoms with Crippen LogP contribution in [0.25, 0.3) is 0 Å². The van der Waals surface area contributed by atoms with Gasteiger partial charge in [0.25, 0.3) is 0 Å². The average Bonchev–Trinajstić information content (AvgIpc) is 2.90. The molecule has 12 heavy (non-hydrogen) atoms. The lowest BCUT2D eigenvalue weighted by Crippen LogP contribution is -1.78. The van der Waals surface area contributed by atoms with E-state index < -0.39 is 0 Å². The van der Waals surface area contributed by atoms with Gasteiger partial charge in [0, 0.05) is 0 Å². The molecule has 68 valence electrons. The Bertz CT molecular complexity index is 180. The van der Waals surface area contributed by atoms with Gasteiger partial charge in [-0.1, -0.05) is 50.3 Å². The van der Waals surface area contributed by atoms with Crippen LogP contribution in [0.4, 0.5) is 0 Å². The smallest absolute Gasteiger partial charge is 0.0167 e. The van der Waals surface area contributed by atoms with Gasteiger partial charge in [-0.15, -0.1) is 0 Å². The molecule has 1 aliphatic carbocycles. The normalized spacial score (nSPS) is 16.1. The average molecular weight is 164 g/mol. The Balaban J connectivity index is 0.000000561. The van der Waals surface area contributed by atoms with E-state index in [9.17, 15) is 0 Å². The molecule has 1 rings (SSSR count). The second kappa shape index (κ2) is 5.82. The SMILES string of the molecule is C=C/C(C)=C\C(=C)C1CC1.CC. The van der Waals surface area contributed by atoms with Crippen molar-refractivity contribution in [2.45, 2.75) is 33.6 Å². The first-order chi connectivity index (χ1) is 5.74. The molecule has 0 radical (unpaired) electrons. The van der Waals surface area contributed by atoms with E-state index in [2.05, 4.69) is 26.2 Å². The quantitative estimate of drug-likeness (QED) is 0.551. The molecule has 0 aromatic rings. The van der Waals surface area contributed by atoms with E-state index in [1.54, 1.807) is 0 Å². The van der Waals surface area contributed by atoms with Gasteiger partial charge in [-0.05, 0) is 25.7 Å². The Morgan fingerprint density at radius 2 is 1.83 bits per heavy atom. The highest BCUT2D eigenvalue weighted by Gasteiger charge is 2.22. The lowest BCUT2D eigenvalue weighted by molar-refractivity contribution is 1.05. The molecule has 0 saturated heterocycles. The summed E-state index contributed by atoms with van der Waals surface area (Å²) in [6.07, 6.45) is 6.66. The number of rotatable bonds is 3.